The number of piperazine rings is 1. The van der Waals surface area contributed by atoms with Crippen molar-refractivity contribution in [2.45, 2.75) is 20.8 Å². The number of benzene rings is 1. The summed E-state index contributed by atoms with van der Waals surface area (Å²) < 4.78 is 0. The Balaban J connectivity index is 1.51. The van der Waals surface area contributed by atoms with Crippen molar-refractivity contribution in [3.63, 3.8) is 0 Å². The Bertz CT molecular complexity index is 878. The molecular weight excluding hydrogens is 374 g/mol. The van der Waals surface area contributed by atoms with E-state index in [1.54, 1.807) is 12.1 Å². The molecule has 28 heavy (non-hydrogen) atoms. The quantitative estimate of drug-likeness (QED) is 0.748. The number of nitrogens with one attached hydrogen (secondary N) is 2. The number of nitrogens with zero attached hydrogens (tertiary/aromatic N) is 1. The summed E-state index contributed by atoms with van der Waals surface area (Å²) in [7, 11) is 0. The van der Waals surface area contributed by atoms with Gasteiger partial charge < -0.3 is 15.1 Å². The first-order valence-corrected chi connectivity index (χ1v) is 10.3. The lowest BCUT2D eigenvalue weighted by Crippen LogP contribution is -3.15. The van der Waals surface area contributed by atoms with E-state index in [1.807, 2.05) is 36.9 Å². The average molecular weight is 401 g/mol. The maximum Gasteiger partial charge on any atom is 0.279 e. The molecule has 0 radical (unpaired) electrons. The number of hydrogen-bond acceptors (Lipinski definition) is 4. The zero-order chi connectivity index (χ0) is 20.3. The van der Waals surface area contributed by atoms with Gasteiger partial charge >= 0.3 is 0 Å². The molecule has 2 aromatic rings. The molecule has 1 fully saturated rings. The second kappa shape index (κ2) is 8.67. The molecule has 0 aliphatic carbocycles. The lowest BCUT2D eigenvalue weighted by molar-refractivity contribution is -0.895. The van der Waals surface area contributed by atoms with Crippen LogP contribution in [0, 0.1) is 13.8 Å². The highest BCUT2D eigenvalue weighted by Gasteiger charge is 2.27. The van der Waals surface area contributed by atoms with Crippen LogP contribution in [-0.4, -0.2) is 55.2 Å². The maximum absolute atomic E-state index is 12.6. The van der Waals surface area contributed by atoms with Crippen molar-refractivity contribution in [2.75, 3.05) is 38.0 Å². The fraction of sp³-hybridized carbons (Fsp3) is 0.381. The molecule has 6 nitrogen and oxygen atoms in total. The normalized spacial score (nSPS) is 14.8. The van der Waals surface area contributed by atoms with Crippen LogP contribution in [0.25, 0.3) is 0 Å². The number of carbonyl (C=O) groups is 3. The van der Waals surface area contributed by atoms with Gasteiger partial charge in [-0.25, -0.2) is 0 Å². The number of para-hydroxylation sites is 1. The van der Waals surface area contributed by atoms with Crippen LogP contribution in [-0.2, 0) is 4.79 Å². The van der Waals surface area contributed by atoms with Crippen LogP contribution in [0.15, 0.2) is 30.3 Å². The van der Waals surface area contributed by atoms with Crippen molar-refractivity contribution in [1.29, 1.82) is 0 Å². The fourth-order valence-corrected chi connectivity index (χ4v) is 4.29. The van der Waals surface area contributed by atoms with E-state index in [-0.39, 0.29) is 17.6 Å². The molecule has 1 aromatic carbocycles. The zero-order valence-electron chi connectivity index (χ0n) is 16.5. The standard InChI is InChI=1S/C21H25N3O3S/c1-14-5-4-6-15(2)20(14)22-19(26)13-23-9-11-24(12-10-23)21(27)18-8-7-17(28-18)16(3)25/h4-8H,9-13H2,1-3H3,(H,22,26)/p+1. The summed E-state index contributed by atoms with van der Waals surface area (Å²) in [6.45, 7) is 8.56. The number of amides is 2. The monoisotopic (exact) mass is 400 g/mol. The van der Waals surface area contributed by atoms with E-state index in [0.717, 1.165) is 29.9 Å². The number of quaternary nitrogens is 1. The van der Waals surface area contributed by atoms with Crippen LogP contribution in [0.2, 0.25) is 0 Å². The van der Waals surface area contributed by atoms with Crippen LogP contribution in [0.3, 0.4) is 0 Å². The Morgan fingerprint density at radius 2 is 1.64 bits per heavy atom. The summed E-state index contributed by atoms with van der Waals surface area (Å²) >= 11 is 1.25. The van der Waals surface area contributed by atoms with E-state index in [2.05, 4.69) is 5.32 Å². The van der Waals surface area contributed by atoms with E-state index in [9.17, 15) is 14.4 Å². The van der Waals surface area contributed by atoms with Gasteiger partial charge in [-0.2, -0.15) is 0 Å². The highest BCUT2D eigenvalue weighted by molar-refractivity contribution is 7.15. The van der Waals surface area contributed by atoms with Crippen molar-refractivity contribution in [1.82, 2.24) is 4.90 Å². The van der Waals surface area contributed by atoms with Gasteiger partial charge in [-0.3, -0.25) is 14.4 Å². The third-order valence-corrected chi connectivity index (χ3v) is 6.25. The van der Waals surface area contributed by atoms with Crippen LogP contribution in [0.4, 0.5) is 5.69 Å². The van der Waals surface area contributed by atoms with Gasteiger partial charge in [-0.05, 0) is 44.0 Å². The molecule has 2 amide bonds. The molecule has 0 bridgehead atoms. The minimum atomic E-state index is -0.0310. The number of aryl methyl sites for hydroxylation is 2. The molecule has 0 unspecified atom stereocenters. The Hall–Kier alpha value is -2.51. The summed E-state index contributed by atoms with van der Waals surface area (Å²) in [4.78, 5) is 40.7. The number of anilines is 1. The van der Waals surface area contributed by atoms with Crippen LogP contribution in [0.1, 0.15) is 37.4 Å². The Morgan fingerprint density at radius 3 is 2.21 bits per heavy atom. The van der Waals surface area contributed by atoms with Gasteiger partial charge in [0.15, 0.2) is 12.3 Å². The van der Waals surface area contributed by atoms with Gasteiger partial charge in [0.25, 0.3) is 11.8 Å². The Labute approximate surface area is 169 Å². The molecule has 0 spiro atoms. The third-order valence-electron chi connectivity index (χ3n) is 5.08. The van der Waals surface area contributed by atoms with E-state index in [0.29, 0.717) is 29.4 Å². The maximum atomic E-state index is 12.6. The smallest absolute Gasteiger partial charge is 0.279 e. The summed E-state index contributed by atoms with van der Waals surface area (Å²) in [5.74, 6) is -0.0544. The van der Waals surface area contributed by atoms with Crippen LogP contribution >= 0.6 is 11.3 Å². The van der Waals surface area contributed by atoms with Crippen molar-refractivity contribution in [2.24, 2.45) is 0 Å². The first-order chi connectivity index (χ1) is 13.3. The number of carbonyl (C=O) groups excluding carboxylic acids is 3. The first kappa shape index (κ1) is 20.2. The van der Waals surface area contributed by atoms with Gasteiger partial charge in [-0.15, -0.1) is 11.3 Å². The predicted octanol–water partition coefficient (Wildman–Crippen LogP) is 1.55. The number of thiophene rings is 1. The first-order valence-electron chi connectivity index (χ1n) is 9.45. The van der Waals surface area contributed by atoms with Gasteiger partial charge in [0.1, 0.15) is 0 Å². The number of Topliss-reactive ketones (excluding diaryl/α,β-unsaturated/α-hetero) is 1. The topological polar surface area (TPSA) is 70.9 Å². The van der Waals surface area contributed by atoms with Crippen molar-refractivity contribution in [3.8, 4) is 0 Å². The van der Waals surface area contributed by atoms with E-state index < -0.39 is 0 Å². The van der Waals surface area contributed by atoms with Crippen molar-refractivity contribution in [3.05, 3.63) is 51.2 Å². The SMILES string of the molecule is CC(=O)c1ccc(C(=O)N2CC[NH+](CC(=O)Nc3c(C)cccc3C)CC2)s1. The summed E-state index contributed by atoms with van der Waals surface area (Å²) in [5.41, 5.74) is 3.00. The molecule has 148 valence electrons. The molecular formula is C21H26N3O3S+. The van der Waals surface area contributed by atoms with Gasteiger partial charge in [0.05, 0.1) is 35.9 Å². The highest BCUT2D eigenvalue weighted by atomic mass is 32.1. The molecule has 0 atom stereocenters. The van der Waals surface area contributed by atoms with Crippen LogP contribution in [0.5, 0.6) is 0 Å². The number of rotatable bonds is 5. The molecule has 1 aliphatic rings. The number of ketones is 1. The second-order valence-electron chi connectivity index (χ2n) is 7.25. The van der Waals surface area contributed by atoms with Gasteiger partial charge in [-0.1, -0.05) is 18.2 Å². The van der Waals surface area contributed by atoms with E-state index in [4.69, 9.17) is 0 Å². The zero-order valence-corrected chi connectivity index (χ0v) is 17.3. The van der Waals surface area contributed by atoms with Crippen LogP contribution < -0.4 is 10.2 Å². The second-order valence-corrected chi connectivity index (χ2v) is 8.34. The molecule has 1 saturated heterocycles. The number of hydrogen-bond donors (Lipinski definition) is 2. The van der Waals surface area contributed by atoms with Crippen molar-refractivity contribution < 1.29 is 19.3 Å². The van der Waals surface area contributed by atoms with E-state index >= 15 is 0 Å². The molecule has 7 heteroatoms. The minimum absolute atomic E-state index is 0.00321. The Kier molecular flexibility index (Phi) is 6.26. The van der Waals surface area contributed by atoms with E-state index in [1.165, 1.54) is 23.2 Å². The highest BCUT2D eigenvalue weighted by Crippen LogP contribution is 2.20. The summed E-state index contributed by atoms with van der Waals surface area (Å²) in [5, 5.41) is 3.03. The Morgan fingerprint density at radius 1 is 1.04 bits per heavy atom. The minimum Gasteiger partial charge on any atom is -0.327 e. The molecule has 3 rings (SSSR count). The average Bonchev–Trinajstić information content (AvgIpc) is 3.15. The lowest BCUT2D eigenvalue weighted by Gasteiger charge is -2.31. The van der Waals surface area contributed by atoms with Gasteiger partial charge in [0.2, 0.25) is 0 Å². The van der Waals surface area contributed by atoms with Crippen molar-refractivity contribution >= 4 is 34.6 Å². The fourth-order valence-electron chi connectivity index (χ4n) is 3.42. The summed E-state index contributed by atoms with van der Waals surface area (Å²) in [6, 6.07) is 9.39. The molecule has 0 saturated carbocycles. The lowest BCUT2D eigenvalue weighted by atomic mass is 10.1. The predicted molar refractivity (Wildman–Crippen MR) is 110 cm³/mol. The van der Waals surface area contributed by atoms with Gasteiger partial charge in [0, 0.05) is 5.69 Å². The summed E-state index contributed by atoms with van der Waals surface area (Å²) in [6.07, 6.45) is 0. The largest absolute Gasteiger partial charge is 0.327 e. The molecule has 2 N–H and O–H groups in total. The molecule has 1 aliphatic heterocycles. The molecule has 1 aromatic heterocycles. The third kappa shape index (κ3) is 4.66. The molecule has 2 heterocycles.